The summed E-state index contributed by atoms with van der Waals surface area (Å²) in [5, 5.41) is 3.13. The van der Waals surface area contributed by atoms with Crippen LogP contribution in [0.1, 0.15) is 5.82 Å². The average Bonchev–Trinajstić information content (AvgIpc) is 2.90. The number of anilines is 1. The van der Waals surface area contributed by atoms with Crippen LogP contribution in [0.25, 0.3) is 0 Å². The van der Waals surface area contributed by atoms with E-state index in [4.69, 9.17) is 0 Å². The lowest BCUT2D eigenvalue weighted by molar-refractivity contribution is 0.588. The van der Waals surface area contributed by atoms with E-state index < -0.39 is 10.0 Å². The van der Waals surface area contributed by atoms with E-state index in [-0.39, 0.29) is 4.90 Å². The fraction of sp³-hybridized carbons (Fsp3) is 0.182. The summed E-state index contributed by atoms with van der Waals surface area (Å²) in [6.07, 6.45) is 3.43. The molecule has 3 N–H and O–H groups in total. The van der Waals surface area contributed by atoms with Gasteiger partial charge in [-0.3, -0.25) is 0 Å². The summed E-state index contributed by atoms with van der Waals surface area (Å²) in [7, 11) is -1.98. The van der Waals surface area contributed by atoms with Gasteiger partial charge in [-0.1, -0.05) is 0 Å². The first kappa shape index (κ1) is 12.6. The minimum Gasteiger partial charge on any atom is -0.378 e. The lowest BCUT2D eigenvalue weighted by Crippen LogP contribution is -2.18. The molecule has 1 heterocycles. The van der Waals surface area contributed by atoms with Crippen molar-refractivity contribution in [2.75, 3.05) is 12.4 Å². The van der Waals surface area contributed by atoms with E-state index >= 15 is 0 Å². The summed E-state index contributed by atoms with van der Waals surface area (Å²) in [6.45, 7) is 0.561. The predicted molar refractivity (Wildman–Crippen MR) is 68.6 cm³/mol. The van der Waals surface area contributed by atoms with Gasteiger partial charge < -0.3 is 10.3 Å². The first-order valence-electron chi connectivity index (χ1n) is 5.37. The molecule has 0 bridgehead atoms. The molecule has 0 fully saturated rings. The van der Waals surface area contributed by atoms with Crippen molar-refractivity contribution in [3.63, 3.8) is 0 Å². The van der Waals surface area contributed by atoms with Crippen molar-refractivity contribution < 1.29 is 8.42 Å². The molecule has 0 saturated heterocycles. The van der Waals surface area contributed by atoms with Crippen molar-refractivity contribution >= 4 is 15.7 Å². The Morgan fingerprint density at radius 3 is 2.56 bits per heavy atom. The zero-order valence-electron chi connectivity index (χ0n) is 9.84. The van der Waals surface area contributed by atoms with Gasteiger partial charge in [-0.25, -0.2) is 18.1 Å². The maximum absolute atomic E-state index is 11.5. The van der Waals surface area contributed by atoms with E-state index in [9.17, 15) is 8.42 Å². The summed E-state index contributed by atoms with van der Waals surface area (Å²) >= 11 is 0. The molecule has 0 amide bonds. The Balaban J connectivity index is 2.04. The molecule has 0 saturated carbocycles. The number of imidazole rings is 1. The van der Waals surface area contributed by atoms with Crippen molar-refractivity contribution in [3.05, 3.63) is 42.5 Å². The molecule has 7 heteroatoms. The van der Waals surface area contributed by atoms with E-state index in [1.807, 2.05) is 0 Å². The summed E-state index contributed by atoms with van der Waals surface area (Å²) in [4.78, 5) is 7.29. The first-order chi connectivity index (χ1) is 8.62. The van der Waals surface area contributed by atoms with E-state index in [0.29, 0.717) is 6.54 Å². The van der Waals surface area contributed by atoms with E-state index in [1.54, 1.807) is 36.7 Å². The quantitative estimate of drug-likeness (QED) is 0.751. The SMILES string of the molecule is CNS(=O)(=O)c1ccc(NCc2ncc[nH]2)cc1. The molecular weight excluding hydrogens is 252 g/mol. The monoisotopic (exact) mass is 266 g/mol. The van der Waals surface area contributed by atoms with Crippen LogP contribution in [-0.4, -0.2) is 25.4 Å². The molecule has 0 aliphatic carbocycles. The number of aromatic amines is 1. The molecular formula is C11H14N4O2S. The van der Waals surface area contributed by atoms with Gasteiger partial charge in [-0.2, -0.15) is 0 Å². The second-order valence-electron chi connectivity index (χ2n) is 3.62. The van der Waals surface area contributed by atoms with E-state index in [1.165, 1.54) is 7.05 Å². The van der Waals surface area contributed by atoms with E-state index in [2.05, 4.69) is 20.0 Å². The Morgan fingerprint density at radius 1 is 1.28 bits per heavy atom. The maximum atomic E-state index is 11.5. The molecule has 2 rings (SSSR count). The van der Waals surface area contributed by atoms with Gasteiger partial charge in [0.2, 0.25) is 10.0 Å². The normalized spacial score (nSPS) is 11.4. The van der Waals surface area contributed by atoms with Gasteiger partial charge in [0, 0.05) is 18.1 Å². The maximum Gasteiger partial charge on any atom is 0.240 e. The number of sulfonamides is 1. The summed E-state index contributed by atoms with van der Waals surface area (Å²) < 4.78 is 25.3. The van der Waals surface area contributed by atoms with Crippen LogP contribution in [0.4, 0.5) is 5.69 Å². The number of hydrogen-bond acceptors (Lipinski definition) is 4. The number of rotatable bonds is 5. The fourth-order valence-corrected chi connectivity index (χ4v) is 2.18. The summed E-state index contributed by atoms with van der Waals surface area (Å²) in [5.74, 6) is 0.821. The highest BCUT2D eigenvalue weighted by Crippen LogP contribution is 2.14. The second-order valence-corrected chi connectivity index (χ2v) is 5.51. The van der Waals surface area contributed by atoms with Crippen LogP contribution < -0.4 is 10.0 Å². The number of aromatic nitrogens is 2. The first-order valence-corrected chi connectivity index (χ1v) is 6.86. The van der Waals surface area contributed by atoms with Gasteiger partial charge in [0.15, 0.2) is 0 Å². The standard InChI is InChI=1S/C11H14N4O2S/c1-12-18(16,17)10-4-2-9(3-5-10)15-8-11-13-6-7-14-11/h2-7,12,15H,8H2,1H3,(H,13,14). The van der Waals surface area contributed by atoms with Gasteiger partial charge in [0.05, 0.1) is 11.4 Å². The van der Waals surface area contributed by atoms with E-state index in [0.717, 1.165) is 11.5 Å². The van der Waals surface area contributed by atoms with Crippen molar-refractivity contribution in [1.29, 1.82) is 0 Å². The lowest BCUT2D eigenvalue weighted by Gasteiger charge is -2.06. The topological polar surface area (TPSA) is 86.9 Å². The molecule has 0 radical (unpaired) electrons. The number of nitrogens with zero attached hydrogens (tertiary/aromatic N) is 1. The average molecular weight is 266 g/mol. The lowest BCUT2D eigenvalue weighted by atomic mass is 10.3. The zero-order valence-corrected chi connectivity index (χ0v) is 10.7. The third-order valence-corrected chi connectivity index (χ3v) is 3.88. The Labute approximate surface area is 106 Å². The van der Waals surface area contributed by atoms with Crippen LogP contribution in [0.5, 0.6) is 0 Å². The van der Waals surface area contributed by atoms with Crippen LogP contribution in [0.15, 0.2) is 41.6 Å². The minimum absolute atomic E-state index is 0.244. The highest BCUT2D eigenvalue weighted by Gasteiger charge is 2.10. The molecule has 0 aliphatic heterocycles. The number of benzene rings is 1. The Kier molecular flexibility index (Phi) is 3.63. The van der Waals surface area contributed by atoms with Gasteiger partial charge in [0.25, 0.3) is 0 Å². The molecule has 1 aromatic heterocycles. The highest BCUT2D eigenvalue weighted by atomic mass is 32.2. The molecule has 6 nitrogen and oxygen atoms in total. The van der Waals surface area contributed by atoms with Crippen molar-refractivity contribution in [2.45, 2.75) is 11.4 Å². The third-order valence-electron chi connectivity index (χ3n) is 2.45. The molecule has 96 valence electrons. The molecule has 0 spiro atoms. The predicted octanol–water partition coefficient (Wildman–Crippen LogP) is 0.930. The molecule has 2 aromatic rings. The molecule has 0 unspecified atom stereocenters. The molecule has 1 aromatic carbocycles. The third kappa shape index (κ3) is 2.88. The molecule has 18 heavy (non-hydrogen) atoms. The van der Waals surface area contributed by atoms with Crippen LogP contribution in [0.2, 0.25) is 0 Å². The van der Waals surface area contributed by atoms with Crippen molar-refractivity contribution in [2.24, 2.45) is 0 Å². The zero-order chi connectivity index (χ0) is 13.0. The largest absolute Gasteiger partial charge is 0.378 e. The fourth-order valence-electron chi connectivity index (χ4n) is 1.45. The molecule has 0 atom stereocenters. The minimum atomic E-state index is -3.37. The van der Waals surface area contributed by atoms with Crippen molar-refractivity contribution in [1.82, 2.24) is 14.7 Å². The van der Waals surface area contributed by atoms with Gasteiger partial charge >= 0.3 is 0 Å². The second kappa shape index (κ2) is 5.19. The van der Waals surface area contributed by atoms with Crippen molar-refractivity contribution in [3.8, 4) is 0 Å². The number of hydrogen-bond donors (Lipinski definition) is 3. The Bertz CT molecular complexity index is 590. The summed E-state index contributed by atoms with van der Waals surface area (Å²) in [6, 6.07) is 6.53. The highest BCUT2D eigenvalue weighted by molar-refractivity contribution is 7.89. The van der Waals surface area contributed by atoms with Crippen LogP contribution in [-0.2, 0) is 16.6 Å². The summed E-state index contributed by atoms with van der Waals surface area (Å²) in [5.41, 5.74) is 0.835. The number of nitrogens with one attached hydrogen (secondary N) is 3. The number of H-pyrrole nitrogens is 1. The van der Waals surface area contributed by atoms with Gasteiger partial charge in [-0.05, 0) is 31.3 Å². The molecule has 0 aliphatic rings. The Morgan fingerprint density at radius 2 is 2.00 bits per heavy atom. The van der Waals surface area contributed by atoms with Crippen LogP contribution in [0, 0.1) is 0 Å². The van der Waals surface area contributed by atoms with Crippen LogP contribution in [0.3, 0.4) is 0 Å². The van der Waals surface area contributed by atoms with Gasteiger partial charge in [0.1, 0.15) is 5.82 Å². The van der Waals surface area contributed by atoms with Crippen LogP contribution >= 0.6 is 0 Å². The van der Waals surface area contributed by atoms with Gasteiger partial charge in [-0.15, -0.1) is 0 Å². The Hall–Kier alpha value is -1.86. The smallest absolute Gasteiger partial charge is 0.240 e.